The molecule has 1 amide bonds. The molecule has 0 bridgehead atoms. The molecule has 0 unspecified atom stereocenters. The van der Waals surface area contributed by atoms with Crippen molar-refractivity contribution in [3.63, 3.8) is 0 Å². The van der Waals surface area contributed by atoms with Crippen LogP contribution in [0, 0.1) is 5.92 Å². The van der Waals surface area contributed by atoms with Gasteiger partial charge in [0, 0.05) is 13.1 Å². The van der Waals surface area contributed by atoms with Gasteiger partial charge in [-0.05, 0) is 43.7 Å². The molecule has 9 heteroatoms. The number of fused-ring (bicyclic) bond motifs is 1. The van der Waals surface area contributed by atoms with Crippen molar-refractivity contribution in [2.45, 2.75) is 80.6 Å². The van der Waals surface area contributed by atoms with Gasteiger partial charge in [-0.3, -0.25) is 4.79 Å². The number of hydrogen-bond acceptors (Lipinski definition) is 6. The first kappa shape index (κ1) is 24.6. The molecule has 1 saturated carbocycles. The van der Waals surface area contributed by atoms with Crippen LogP contribution in [-0.4, -0.2) is 74.4 Å². The van der Waals surface area contributed by atoms with Gasteiger partial charge in [0.05, 0.1) is 48.9 Å². The molecular formula is C24H36N2O6S. The van der Waals surface area contributed by atoms with E-state index >= 15 is 0 Å². The van der Waals surface area contributed by atoms with Gasteiger partial charge in [0.1, 0.15) is 0 Å². The minimum atomic E-state index is -3.81. The van der Waals surface area contributed by atoms with Crippen LogP contribution in [0.5, 0.6) is 0 Å². The van der Waals surface area contributed by atoms with Gasteiger partial charge in [0.2, 0.25) is 15.9 Å². The fourth-order valence-electron chi connectivity index (χ4n) is 5.23. The summed E-state index contributed by atoms with van der Waals surface area (Å²) < 4.78 is 40.0. The van der Waals surface area contributed by atoms with E-state index in [-0.39, 0.29) is 43.1 Å². The zero-order valence-corrected chi connectivity index (χ0v) is 19.9. The molecule has 1 aliphatic carbocycles. The zero-order valence-electron chi connectivity index (χ0n) is 19.1. The maximum Gasteiger partial charge on any atom is 0.243 e. The van der Waals surface area contributed by atoms with Gasteiger partial charge >= 0.3 is 0 Å². The molecule has 1 aromatic carbocycles. The number of benzene rings is 1. The summed E-state index contributed by atoms with van der Waals surface area (Å²) in [6.07, 6.45) is 5.86. The molecule has 1 aromatic rings. The molecule has 0 aromatic heterocycles. The Balaban J connectivity index is 1.39. The third kappa shape index (κ3) is 6.33. The van der Waals surface area contributed by atoms with Crippen LogP contribution < -0.4 is 5.32 Å². The van der Waals surface area contributed by atoms with E-state index < -0.39 is 28.3 Å². The summed E-state index contributed by atoms with van der Waals surface area (Å²) in [6.45, 7) is 0.901. The van der Waals surface area contributed by atoms with E-state index in [9.17, 15) is 18.3 Å². The Hall–Kier alpha value is -1.52. The molecule has 2 N–H and O–H groups in total. The number of nitrogens with one attached hydrogen (secondary N) is 1. The van der Waals surface area contributed by atoms with Crippen LogP contribution in [0.3, 0.4) is 0 Å². The lowest BCUT2D eigenvalue weighted by Crippen LogP contribution is -2.57. The summed E-state index contributed by atoms with van der Waals surface area (Å²) >= 11 is 0. The number of carbonyl (C=O) groups is 1. The van der Waals surface area contributed by atoms with E-state index in [1.807, 2.05) is 0 Å². The average Bonchev–Trinajstić information content (AvgIpc) is 2.82. The van der Waals surface area contributed by atoms with Crippen molar-refractivity contribution in [2.75, 3.05) is 26.3 Å². The van der Waals surface area contributed by atoms with Crippen LogP contribution in [0.2, 0.25) is 0 Å². The summed E-state index contributed by atoms with van der Waals surface area (Å²) in [6, 6.07) is 7.82. The molecule has 2 heterocycles. The molecule has 0 spiro atoms. The van der Waals surface area contributed by atoms with Crippen molar-refractivity contribution in [1.82, 2.24) is 9.62 Å². The molecule has 0 radical (unpaired) electrons. The number of aliphatic hydroxyl groups excluding tert-OH is 1. The van der Waals surface area contributed by atoms with Crippen LogP contribution in [-0.2, 0) is 24.3 Å². The van der Waals surface area contributed by atoms with E-state index in [1.165, 1.54) is 36.4 Å². The summed E-state index contributed by atoms with van der Waals surface area (Å²) in [5.74, 6) is 0.557. The Labute approximate surface area is 196 Å². The van der Waals surface area contributed by atoms with Crippen LogP contribution >= 0.6 is 0 Å². The van der Waals surface area contributed by atoms with E-state index in [1.54, 1.807) is 30.3 Å². The van der Waals surface area contributed by atoms with Gasteiger partial charge in [-0.1, -0.05) is 37.5 Å². The first-order chi connectivity index (χ1) is 15.9. The van der Waals surface area contributed by atoms with Gasteiger partial charge < -0.3 is 19.9 Å². The highest BCUT2D eigenvalue weighted by Gasteiger charge is 2.43. The van der Waals surface area contributed by atoms with Crippen molar-refractivity contribution in [3.05, 3.63) is 30.3 Å². The number of aliphatic hydroxyl groups is 1. The third-order valence-electron chi connectivity index (χ3n) is 7.01. The Bertz CT molecular complexity index is 874. The predicted molar refractivity (Wildman–Crippen MR) is 123 cm³/mol. The lowest BCUT2D eigenvalue weighted by molar-refractivity contribution is -0.146. The number of hydrogen-bond donors (Lipinski definition) is 2. The molecule has 33 heavy (non-hydrogen) atoms. The molecular weight excluding hydrogens is 444 g/mol. The number of amides is 1. The average molecular weight is 481 g/mol. The second-order valence-corrected chi connectivity index (χ2v) is 11.4. The number of rotatable bonds is 6. The van der Waals surface area contributed by atoms with E-state index in [0.29, 0.717) is 18.8 Å². The number of sulfonamides is 1. The summed E-state index contributed by atoms with van der Waals surface area (Å²) in [5, 5.41) is 13.4. The maximum atomic E-state index is 13.4. The van der Waals surface area contributed by atoms with Gasteiger partial charge in [-0.15, -0.1) is 0 Å². The first-order valence-corrected chi connectivity index (χ1v) is 13.6. The lowest BCUT2D eigenvalue weighted by atomic mass is 9.89. The van der Waals surface area contributed by atoms with Crippen molar-refractivity contribution in [3.8, 4) is 0 Å². The van der Waals surface area contributed by atoms with E-state index in [4.69, 9.17) is 9.47 Å². The molecule has 2 aliphatic heterocycles. The van der Waals surface area contributed by atoms with Crippen LogP contribution in [0.25, 0.3) is 0 Å². The summed E-state index contributed by atoms with van der Waals surface area (Å²) in [7, 11) is -3.81. The van der Waals surface area contributed by atoms with Crippen LogP contribution in [0.1, 0.15) is 51.4 Å². The van der Waals surface area contributed by atoms with E-state index in [2.05, 4.69) is 5.32 Å². The number of ether oxygens (including phenoxy) is 2. The Morgan fingerprint density at radius 2 is 1.82 bits per heavy atom. The number of carbonyl (C=O) groups excluding carboxylic acids is 1. The second-order valence-electron chi connectivity index (χ2n) is 9.53. The topological polar surface area (TPSA) is 105 Å². The summed E-state index contributed by atoms with van der Waals surface area (Å²) in [4.78, 5) is 12.7. The lowest BCUT2D eigenvalue weighted by Gasteiger charge is -2.43. The van der Waals surface area contributed by atoms with Crippen molar-refractivity contribution >= 4 is 15.9 Å². The standard InChI is InChI=1S/C24H36N2O6S/c27-19-15-26(33(29,30)21-9-5-2-6-10-21)22-12-11-20(32-23(22)17-31-16-19)13-24(28)25-14-18-7-3-1-4-8-18/h2,5-6,9-10,18-20,22-23,27H,1,3-4,7-8,11-17H2,(H,25,28)/t19-,20+,22-,23+/m0/s1. The molecule has 184 valence electrons. The second kappa shape index (κ2) is 11.3. The van der Waals surface area contributed by atoms with Crippen LogP contribution in [0.15, 0.2) is 35.2 Å². The SMILES string of the molecule is O=C(C[C@H]1CC[C@H]2[C@@H](COC[C@@H](O)CN2S(=O)(=O)c2ccccc2)O1)NCC1CCCCC1. The number of nitrogens with zero attached hydrogens (tertiary/aromatic N) is 1. The van der Waals surface area contributed by atoms with Crippen LogP contribution in [0.4, 0.5) is 0 Å². The molecule has 3 fully saturated rings. The molecule has 8 nitrogen and oxygen atoms in total. The van der Waals surface area contributed by atoms with E-state index in [0.717, 1.165) is 6.54 Å². The fraction of sp³-hybridized carbons (Fsp3) is 0.708. The highest BCUT2D eigenvalue weighted by atomic mass is 32.2. The van der Waals surface area contributed by atoms with Gasteiger partial charge in [-0.25, -0.2) is 8.42 Å². The minimum Gasteiger partial charge on any atom is -0.389 e. The van der Waals surface area contributed by atoms with Crippen molar-refractivity contribution in [1.29, 1.82) is 0 Å². The highest BCUT2D eigenvalue weighted by molar-refractivity contribution is 7.89. The molecule has 4 rings (SSSR count). The molecule has 3 aliphatic rings. The number of β-amino-alcohol motifs (C(OH)–C–C–N with tert-alkyl or cyclic N) is 1. The molecule has 2 saturated heterocycles. The van der Waals surface area contributed by atoms with Gasteiger partial charge in [0.15, 0.2) is 0 Å². The zero-order chi connectivity index (χ0) is 23.3. The fourth-order valence-corrected chi connectivity index (χ4v) is 6.96. The monoisotopic (exact) mass is 480 g/mol. The normalized spacial score (nSPS) is 30.1. The minimum absolute atomic E-state index is 0.0139. The highest BCUT2D eigenvalue weighted by Crippen LogP contribution is 2.31. The summed E-state index contributed by atoms with van der Waals surface area (Å²) in [5.41, 5.74) is 0. The third-order valence-corrected chi connectivity index (χ3v) is 8.91. The Morgan fingerprint density at radius 3 is 2.58 bits per heavy atom. The predicted octanol–water partition coefficient (Wildman–Crippen LogP) is 2.07. The first-order valence-electron chi connectivity index (χ1n) is 12.2. The largest absolute Gasteiger partial charge is 0.389 e. The van der Waals surface area contributed by atoms with Crippen molar-refractivity contribution < 1.29 is 27.8 Å². The quantitative estimate of drug-likeness (QED) is 0.646. The van der Waals surface area contributed by atoms with Gasteiger partial charge in [-0.2, -0.15) is 4.31 Å². The van der Waals surface area contributed by atoms with Crippen molar-refractivity contribution in [2.24, 2.45) is 5.92 Å². The Kier molecular flexibility index (Phi) is 8.40. The van der Waals surface area contributed by atoms with Gasteiger partial charge in [0.25, 0.3) is 0 Å². The molecule has 4 atom stereocenters. The Morgan fingerprint density at radius 1 is 1.06 bits per heavy atom. The smallest absolute Gasteiger partial charge is 0.243 e. The maximum absolute atomic E-state index is 13.4.